The lowest BCUT2D eigenvalue weighted by atomic mass is 10.2. The van der Waals surface area contributed by atoms with E-state index in [1.807, 2.05) is 6.07 Å². The molecular formula is C15H22N2O3. The van der Waals surface area contributed by atoms with Crippen molar-refractivity contribution in [1.29, 1.82) is 0 Å². The minimum Gasteiger partial charge on any atom is -0.454 e. The van der Waals surface area contributed by atoms with Crippen LogP contribution in [0.25, 0.3) is 0 Å². The Labute approximate surface area is 119 Å². The zero-order valence-electron chi connectivity index (χ0n) is 11.8. The summed E-state index contributed by atoms with van der Waals surface area (Å²) in [6, 6.07) is 6.12. The van der Waals surface area contributed by atoms with Crippen molar-refractivity contribution in [2.24, 2.45) is 0 Å². The molecule has 0 radical (unpaired) electrons. The average molecular weight is 278 g/mol. The first-order valence-corrected chi connectivity index (χ1v) is 7.31. The van der Waals surface area contributed by atoms with Crippen LogP contribution < -0.4 is 14.8 Å². The Morgan fingerprint density at radius 2 is 1.95 bits per heavy atom. The lowest BCUT2D eigenvalue weighted by molar-refractivity contribution is 0.0374. The maximum atomic E-state index is 5.38. The molecular weight excluding hydrogens is 256 g/mol. The van der Waals surface area contributed by atoms with E-state index in [-0.39, 0.29) is 0 Å². The van der Waals surface area contributed by atoms with Gasteiger partial charge in [-0.3, -0.25) is 4.90 Å². The van der Waals surface area contributed by atoms with Crippen LogP contribution in [0.2, 0.25) is 0 Å². The molecule has 0 amide bonds. The minimum absolute atomic E-state index is 0.339. The Morgan fingerprint density at radius 1 is 1.10 bits per heavy atom. The van der Waals surface area contributed by atoms with Gasteiger partial charge in [0.15, 0.2) is 11.5 Å². The monoisotopic (exact) mass is 278 g/mol. The second-order valence-electron chi connectivity index (χ2n) is 5.17. The first-order chi connectivity index (χ1) is 9.92. The fraction of sp³-hybridized carbons (Fsp3) is 0.600. The predicted octanol–water partition coefficient (Wildman–Crippen LogP) is 1.23. The molecule has 0 saturated carbocycles. The molecule has 0 aliphatic carbocycles. The molecule has 2 aliphatic rings. The lowest BCUT2D eigenvalue weighted by Gasteiger charge is -2.26. The summed E-state index contributed by atoms with van der Waals surface area (Å²) in [6.07, 6.45) is 1.17. The summed E-state index contributed by atoms with van der Waals surface area (Å²) >= 11 is 0. The van der Waals surface area contributed by atoms with E-state index < -0.39 is 0 Å². The fourth-order valence-electron chi connectivity index (χ4n) is 2.54. The van der Waals surface area contributed by atoms with E-state index in [1.165, 1.54) is 12.0 Å². The molecule has 0 atom stereocenters. The van der Waals surface area contributed by atoms with Crippen molar-refractivity contribution in [3.8, 4) is 11.5 Å². The topological polar surface area (TPSA) is 43.0 Å². The molecule has 20 heavy (non-hydrogen) atoms. The van der Waals surface area contributed by atoms with Gasteiger partial charge in [0.1, 0.15) is 0 Å². The summed E-state index contributed by atoms with van der Waals surface area (Å²) in [4.78, 5) is 2.46. The van der Waals surface area contributed by atoms with Crippen molar-refractivity contribution in [2.45, 2.75) is 13.0 Å². The van der Waals surface area contributed by atoms with Gasteiger partial charge in [0.2, 0.25) is 6.79 Å². The number of ether oxygens (including phenoxy) is 3. The Kier molecular flexibility index (Phi) is 4.73. The highest BCUT2D eigenvalue weighted by Gasteiger charge is 2.13. The Morgan fingerprint density at radius 3 is 2.85 bits per heavy atom. The van der Waals surface area contributed by atoms with E-state index in [9.17, 15) is 0 Å². The molecule has 5 nitrogen and oxygen atoms in total. The second-order valence-corrected chi connectivity index (χ2v) is 5.17. The summed E-state index contributed by atoms with van der Waals surface area (Å²) in [5, 5.41) is 3.48. The third-order valence-corrected chi connectivity index (χ3v) is 3.70. The SMILES string of the molecule is c1cc2c(cc1CNCCCN1CCOCC1)OCO2. The predicted molar refractivity (Wildman–Crippen MR) is 76.1 cm³/mol. The van der Waals surface area contributed by atoms with E-state index in [0.717, 1.165) is 57.4 Å². The summed E-state index contributed by atoms with van der Waals surface area (Å²) < 4.78 is 16.0. The van der Waals surface area contributed by atoms with Crippen LogP contribution in [-0.4, -0.2) is 51.1 Å². The van der Waals surface area contributed by atoms with Crippen LogP contribution in [-0.2, 0) is 11.3 Å². The maximum Gasteiger partial charge on any atom is 0.231 e. The molecule has 0 bridgehead atoms. The number of morpholine rings is 1. The smallest absolute Gasteiger partial charge is 0.231 e. The van der Waals surface area contributed by atoms with Crippen molar-refractivity contribution >= 4 is 0 Å². The normalized spacial score (nSPS) is 18.4. The maximum absolute atomic E-state index is 5.38. The van der Waals surface area contributed by atoms with Gasteiger partial charge in [-0.1, -0.05) is 6.07 Å². The van der Waals surface area contributed by atoms with Crippen molar-refractivity contribution in [1.82, 2.24) is 10.2 Å². The molecule has 2 heterocycles. The van der Waals surface area contributed by atoms with Crippen LogP contribution in [0.15, 0.2) is 18.2 Å². The zero-order chi connectivity index (χ0) is 13.6. The van der Waals surface area contributed by atoms with E-state index >= 15 is 0 Å². The highest BCUT2D eigenvalue weighted by molar-refractivity contribution is 5.44. The Hall–Kier alpha value is -1.30. The largest absolute Gasteiger partial charge is 0.454 e. The number of nitrogens with one attached hydrogen (secondary N) is 1. The van der Waals surface area contributed by atoms with Gasteiger partial charge in [-0.25, -0.2) is 0 Å². The molecule has 0 spiro atoms. The van der Waals surface area contributed by atoms with Crippen molar-refractivity contribution in [3.05, 3.63) is 23.8 Å². The number of fused-ring (bicyclic) bond motifs is 1. The molecule has 5 heteroatoms. The van der Waals surface area contributed by atoms with Crippen LogP contribution in [0.1, 0.15) is 12.0 Å². The fourth-order valence-corrected chi connectivity index (χ4v) is 2.54. The first-order valence-electron chi connectivity index (χ1n) is 7.31. The van der Waals surface area contributed by atoms with Gasteiger partial charge < -0.3 is 19.5 Å². The van der Waals surface area contributed by atoms with Gasteiger partial charge in [0, 0.05) is 19.6 Å². The van der Waals surface area contributed by atoms with E-state index in [1.54, 1.807) is 0 Å². The molecule has 2 aliphatic heterocycles. The second kappa shape index (κ2) is 6.92. The van der Waals surface area contributed by atoms with Gasteiger partial charge >= 0.3 is 0 Å². The Balaban J connectivity index is 1.33. The molecule has 1 aromatic carbocycles. The summed E-state index contributed by atoms with van der Waals surface area (Å²) in [6.45, 7) is 7.30. The Bertz CT molecular complexity index is 433. The van der Waals surface area contributed by atoms with Gasteiger partial charge in [0.05, 0.1) is 13.2 Å². The van der Waals surface area contributed by atoms with Gasteiger partial charge in [-0.05, 0) is 37.2 Å². The third-order valence-electron chi connectivity index (χ3n) is 3.70. The number of benzene rings is 1. The highest BCUT2D eigenvalue weighted by Crippen LogP contribution is 2.32. The summed E-state index contributed by atoms with van der Waals surface area (Å²) in [7, 11) is 0. The lowest BCUT2D eigenvalue weighted by Crippen LogP contribution is -2.37. The number of nitrogens with zero attached hydrogens (tertiary/aromatic N) is 1. The van der Waals surface area contributed by atoms with Crippen LogP contribution in [0.5, 0.6) is 11.5 Å². The standard InChI is InChI=1S/C15H22N2O3/c1(5-17-6-8-18-9-7-17)4-16-11-13-2-3-14-15(10-13)20-12-19-14/h2-3,10,16H,1,4-9,11-12H2. The third kappa shape index (κ3) is 3.62. The molecule has 0 unspecified atom stereocenters. The summed E-state index contributed by atoms with van der Waals surface area (Å²) in [5.41, 5.74) is 1.24. The van der Waals surface area contributed by atoms with Gasteiger partial charge in [-0.15, -0.1) is 0 Å². The first kappa shape index (κ1) is 13.7. The highest BCUT2D eigenvalue weighted by atomic mass is 16.7. The quantitative estimate of drug-likeness (QED) is 0.793. The van der Waals surface area contributed by atoms with Crippen LogP contribution >= 0.6 is 0 Å². The molecule has 1 aromatic rings. The number of hydrogen-bond acceptors (Lipinski definition) is 5. The van der Waals surface area contributed by atoms with Gasteiger partial charge in [0.25, 0.3) is 0 Å². The van der Waals surface area contributed by atoms with Crippen molar-refractivity contribution in [3.63, 3.8) is 0 Å². The molecule has 3 rings (SSSR count). The van der Waals surface area contributed by atoms with Gasteiger partial charge in [-0.2, -0.15) is 0 Å². The molecule has 1 fully saturated rings. The number of hydrogen-bond donors (Lipinski definition) is 1. The average Bonchev–Trinajstić information content (AvgIpc) is 2.95. The van der Waals surface area contributed by atoms with Crippen molar-refractivity contribution < 1.29 is 14.2 Å². The van der Waals surface area contributed by atoms with Crippen molar-refractivity contribution in [2.75, 3.05) is 46.2 Å². The molecule has 1 N–H and O–H groups in total. The van der Waals surface area contributed by atoms with Crippen LogP contribution in [0.4, 0.5) is 0 Å². The zero-order valence-corrected chi connectivity index (χ0v) is 11.8. The molecule has 0 aromatic heterocycles. The van der Waals surface area contributed by atoms with E-state index in [4.69, 9.17) is 14.2 Å². The van der Waals surface area contributed by atoms with Crippen LogP contribution in [0.3, 0.4) is 0 Å². The number of rotatable bonds is 6. The summed E-state index contributed by atoms with van der Waals surface area (Å²) in [5.74, 6) is 1.71. The molecule has 1 saturated heterocycles. The van der Waals surface area contributed by atoms with E-state index in [2.05, 4.69) is 22.3 Å². The van der Waals surface area contributed by atoms with Crippen LogP contribution in [0, 0.1) is 0 Å². The van der Waals surface area contributed by atoms with E-state index in [0.29, 0.717) is 6.79 Å². The molecule has 110 valence electrons. The minimum atomic E-state index is 0.339.